The van der Waals surface area contributed by atoms with Gasteiger partial charge in [-0.15, -0.1) is 0 Å². The molecule has 1 amide bonds. The molecule has 0 radical (unpaired) electrons. The van der Waals surface area contributed by atoms with Crippen LogP contribution in [0, 0.1) is 0 Å². The predicted molar refractivity (Wildman–Crippen MR) is 218 cm³/mol. The molecular weight excluding hydrogens is 727 g/mol. The fraction of sp³-hybridized carbons (Fsp3) is 0.976. The summed E-state index contributed by atoms with van der Waals surface area (Å²) in [6.07, 6.45) is 25.4. The highest BCUT2D eigenvalue weighted by atomic mass is 32.3. The predicted octanol–water partition coefficient (Wildman–Crippen LogP) is 8.22. The molecule has 1 rings (SSSR count). The fourth-order valence-electron chi connectivity index (χ4n) is 7.40. The van der Waals surface area contributed by atoms with Crippen molar-refractivity contribution in [3.8, 4) is 0 Å². The van der Waals surface area contributed by atoms with Crippen molar-refractivity contribution in [3.63, 3.8) is 0 Å². The molecule has 13 heteroatoms. The Morgan fingerprint density at radius 3 is 1.45 bits per heavy atom. The van der Waals surface area contributed by atoms with Crippen LogP contribution in [0.15, 0.2) is 0 Å². The third kappa shape index (κ3) is 27.4. The Morgan fingerprint density at radius 2 is 1.05 bits per heavy atom. The lowest BCUT2D eigenvalue weighted by molar-refractivity contribution is -0.298. The molecule has 1 aliphatic heterocycles. The van der Waals surface area contributed by atoms with Gasteiger partial charge in [-0.25, -0.2) is 4.18 Å². The van der Waals surface area contributed by atoms with Gasteiger partial charge in [0.25, 0.3) is 0 Å². The number of carbonyl (C=O) groups is 1. The Balaban J connectivity index is 2.46. The maximum absolute atomic E-state index is 13.0. The maximum Gasteiger partial charge on any atom is 0.397 e. The zero-order valence-corrected chi connectivity index (χ0v) is 35.6. The number of aliphatic hydroxyl groups excluding tert-OH is 4. The van der Waals surface area contributed by atoms with E-state index in [1.54, 1.807) is 0 Å². The maximum atomic E-state index is 13.0. The average Bonchev–Trinajstić information content (AvgIpc) is 3.15. The summed E-state index contributed by atoms with van der Waals surface area (Å²) in [7, 11) is -5.07. The summed E-state index contributed by atoms with van der Waals surface area (Å²) in [5.74, 6) is -0.228. The van der Waals surface area contributed by atoms with Crippen LogP contribution >= 0.6 is 0 Å². The highest BCUT2D eigenvalue weighted by molar-refractivity contribution is 7.80. The SMILES string of the molecule is CCCCCCCCCCCCCCCCCCCCC(=O)NC(COC1OC(CO)C(O)C(OS(=O)(=O)O)C1O)C(O)CCCCCCCCCCCC. The van der Waals surface area contributed by atoms with Crippen LogP contribution in [0.2, 0.25) is 0 Å². The summed E-state index contributed by atoms with van der Waals surface area (Å²) < 4.78 is 47.5. The quantitative estimate of drug-likeness (QED) is 0.0260. The molecular formula is C42H83NO11S. The first-order chi connectivity index (χ1) is 26.5. The third-order valence-electron chi connectivity index (χ3n) is 10.9. The van der Waals surface area contributed by atoms with E-state index in [1.807, 2.05) is 0 Å². The van der Waals surface area contributed by atoms with E-state index >= 15 is 0 Å². The van der Waals surface area contributed by atoms with Crippen molar-refractivity contribution < 1.29 is 51.8 Å². The van der Waals surface area contributed by atoms with Crippen molar-refractivity contribution in [1.29, 1.82) is 0 Å². The Bertz CT molecular complexity index is 1000. The Labute approximate surface area is 335 Å². The highest BCUT2D eigenvalue weighted by Crippen LogP contribution is 2.26. The van der Waals surface area contributed by atoms with Crippen molar-refractivity contribution >= 4 is 16.3 Å². The molecule has 0 bridgehead atoms. The minimum absolute atomic E-state index is 0.228. The van der Waals surface area contributed by atoms with Crippen LogP contribution in [0.4, 0.5) is 0 Å². The zero-order valence-electron chi connectivity index (χ0n) is 34.8. The molecule has 7 atom stereocenters. The van der Waals surface area contributed by atoms with Gasteiger partial charge in [0.15, 0.2) is 6.29 Å². The number of ether oxygens (including phenoxy) is 2. The van der Waals surface area contributed by atoms with Gasteiger partial charge in [0.05, 0.1) is 25.4 Å². The van der Waals surface area contributed by atoms with E-state index in [0.29, 0.717) is 12.8 Å². The standard InChI is InChI=1S/C42H83NO11S/c1-3-5-7-9-11-13-15-16-17-18-19-20-21-22-24-26-28-30-32-38(46)43-35(36(45)31-29-27-25-23-14-12-10-8-6-4-2)34-52-42-40(48)41(54-55(49,50)51)39(47)37(33-44)53-42/h35-37,39-42,44-45,47-48H,3-34H2,1-2H3,(H,43,46)(H,49,50,51). The largest absolute Gasteiger partial charge is 0.397 e. The van der Waals surface area contributed by atoms with Gasteiger partial charge in [-0.2, -0.15) is 8.42 Å². The van der Waals surface area contributed by atoms with Crippen molar-refractivity contribution in [3.05, 3.63) is 0 Å². The topological polar surface area (TPSA) is 192 Å². The highest BCUT2D eigenvalue weighted by Gasteiger charge is 2.48. The second-order valence-corrected chi connectivity index (χ2v) is 17.0. The van der Waals surface area contributed by atoms with Crippen LogP contribution in [0.25, 0.3) is 0 Å². The Morgan fingerprint density at radius 1 is 0.655 bits per heavy atom. The second-order valence-electron chi connectivity index (χ2n) is 16.0. The van der Waals surface area contributed by atoms with Crippen molar-refractivity contribution in [2.75, 3.05) is 13.2 Å². The summed E-state index contributed by atoms with van der Waals surface area (Å²) >= 11 is 0. The lowest BCUT2D eigenvalue weighted by Gasteiger charge is -2.41. The van der Waals surface area contributed by atoms with Gasteiger partial charge in [-0.05, 0) is 12.8 Å². The molecule has 0 aliphatic carbocycles. The van der Waals surface area contributed by atoms with Crippen LogP contribution in [0.3, 0.4) is 0 Å². The monoisotopic (exact) mass is 810 g/mol. The van der Waals surface area contributed by atoms with Gasteiger partial charge in [-0.1, -0.05) is 187 Å². The first-order valence-electron chi connectivity index (χ1n) is 22.4. The van der Waals surface area contributed by atoms with Gasteiger partial charge >= 0.3 is 10.4 Å². The van der Waals surface area contributed by atoms with Gasteiger partial charge in [-0.3, -0.25) is 9.35 Å². The summed E-state index contributed by atoms with van der Waals surface area (Å²) in [5, 5.41) is 44.7. The van der Waals surface area contributed by atoms with E-state index in [9.17, 15) is 33.6 Å². The summed E-state index contributed by atoms with van der Waals surface area (Å²) in [6, 6.07) is -0.849. The van der Waals surface area contributed by atoms with Crippen molar-refractivity contribution in [1.82, 2.24) is 5.32 Å². The Kier molecular flexibility index (Phi) is 32.2. The van der Waals surface area contributed by atoms with Crippen molar-refractivity contribution in [2.24, 2.45) is 0 Å². The van der Waals surface area contributed by atoms with Crippen LogP contribution in [0.5, 0.6) is 0 Å². The van der Waals surface area contributed by atoms with Crippen LogP contribution in [0.1, 0.15) is 206 Å². The number of aliphatic hydroxyl groups is 4. The number of nitrogens with one attached hydrogen (secondary N) is 1. The van der Waals surface area contributed by atoms with E-state index in [1.165, 1.54) is 128 Å². The van der Waals surface area contributed by atoms with Gasteiger partial charge < -0.3 is 35.2 Å². The van der Waals surface area contributed by atoms with E-state index < -0.39 is 59.9 Å². The molecule has 0 aromatic heterocycles. The molecule has 1 heterocycles. The van der Waals surface area contributed by atoms with Crippen molar-refractivity contribution in [2.45, 2.75) is 249 Å². The molecule has 1 saturated heterocycles. The molecule has 0 aromatic carbocycles. The molecule has 1 fully saturated rings. The number of carbonyl (C=O) groups excluding carboxylic acids is 1. The smallest absolute Gasteiger partial charge is 0.394 e. The third-order valence-corrected chi connectivity index (χ3v) is 11.4. The summed E-state index contributed by atoms with van der Waals surface area (Å²) in [5.41, 5.74) is 0. The van der Waals surface area contributed by atoms with Gasteiger partial charge in [0.2, 0.25) is 5.91 Å². The van der Waals surface area contributed by atoms with Crippen LogP contribution in [-0.2, 0) is 28.9 Å². The Hall–Kier alpha value is -0.900. The first kappa shape index (κ1) is 52.1. The minimum Gasteiger partial charge on any atom is -0.394 e. The molecule has 7 unspecified atom stereocenters. The fourth-order valence-corrected chi connectivity index (χ4v) is 7.91. The van der Waals surface area contributed by atoms with E-state index in [-0.39, 0.29) is 12.5 Å². The van der Waals surface area contributed by atoms with Gasteiger partial charge in [0, 0.05) is 6.42 Å². The van der Waals surface area contributed by atoms with E-state index in [4.69, 9.17) is 14.0 Å². The molecule has 6 N–H and O–H groups in total. The summed E-state index contributed by atoms with van der Waals surface area (Å²) in [4.78, 5) is 13.0. The van der Waals surface area contributed by atoms with E-state index in [0.717, 1.165) is 51.4 Å². The van der Waals surface area contributed by atoms with Crippen LogP contribution < -0.4 is 5.32 Å². The summed E-state index contributed by atoms with van der Waals surface area (Å²) in [6.45, 7) is 3.43. The van der Waals surface area contributed by atoms with Gasteiger partial charge in [0.1, 0.15) is 24.4 Å². The molecule has 55 heavy (non-hydrogen) atoms. The molecule has 0 aromatic rings. The molecule has 1 aliphatic rings. The number of rotatable bonds is 38. The lowest BCUT2D eigenvalue weighted by Crippen LogP contribution is -2.61. The number of hydrogen-bond donors (Lipinski definition) is 6. The molecule has 12 nitrogen and oxygen atoms in total. The molecule has 0 spiro atoms. The average molecular weight is 810 g/mol. The molecule has 0 saturated carbocycles. The van der Waals surface area contributed by atoms with E-state index in [2.05, 4.69) is 23.3 Å². The second kappa shape index (κ2) is 34.0. The lowest BCUT2D eigenvalue weighted by atomic mass is 9.99. The zero-order chi connectivity index (χ0) is 40.6. The van der Waals surface area contributed by atoms with Crippen LogP contribution in [-0.4, -0.2) is 95.4 Å². The number of amides is 1. The molecule has 328 valence electrons. The number of hydrogen-bond acceptors (Lipinski definition) is 10. The normalized spacial score (nSPS) is 21.5. The first-order valence-corrected chi connectivity index (χ1v) is 23.8. The minimum atomic E-state index is -5.07. The number of unbranched alkanes of at least 4 members (excludes halogenated alkanes) is 26.